The Morgan fingerprint density at radius 2 is 2.00 bits per heavy atom. The van der Waals surface area contributed by atoms with Gasteiger partial charge in [0.25, 0.3) is 0 Å². The van der Waals surface area contributed by atoms with E-state index in [1.807, 2.05) is 32.0 Å². The quantitative estimate of drug-likeness (QED) is 0.811. The summed E-state index contributed by atoms with van der Waals surface area (Å²) in [6.07, 6.45) is 0. The van der Waals surface area contributed by atoms with Crippen LogP contribution in [0.2, 0.25) is 5.02 Å². The molecular weight excluding hydrogens is 237 g/mol. The highest BCUT2D eigenvalue weighted by molar-refractivity contribution is 9.10. The molecule has 0 saturated heterocycles. The fourth-order valence-electron chi connectivity index (χ4n) is 1.01. The van der Waals surface area contributed by atoms with E-state index in [1.165, 1.54) is 0 Å². The van der Waals surface area contributed by atoms with E-state index >= 15 is 0 Å². The first kappa shape index (κ1) is 10.0. The Balaban J connectivity index is 3.19. The van der Waals surface area contributed by atoms with Crippen molar-refractivity contribution in [1.29, 1.82) is 0 Å². The molecule has 0 aliphatic rings. The predicted molar refractivity (Wildman–Crippen MR) is 56.4 cm³/mol. The summed E-state index contributed by atoms with van der Waals surface area (Å²) in [5, 5.41) is 0.717. The lowest BCUT2D eigenvalue weighted by Gasteiger charge is -2.20. The van der Waals surface area contributed by atoms with Crippen LogP contribution in [0.25, 0.3) is 0 Å². The highest BCUT2D eigenvalue weighted by Crippen LogP contribution is 2.28. The van der Waals surface area contributed by atoms with Crippen LogP contribution in [0.3, 0.4) is 0 Å². The van der Waals surface area contributed by atoms with Crippen LogP contribution in [0.1, 0.15) is 19.4 Å². The minimum Gasteiger partial charge on any atom is -0.322 e. The zero-order valence-electron chi connectivity index (χ0n) is 7.07. The molecule has 0 fully saturated rings. The minimum atomic E-state index is -0.330. The van der Waals surface area contributed by atoms with Gasteiger partial charge in [-0.05, 0) is 31.5 Å². The summed E-state index contributed by atoms with van der Waals surface area (Å²) < 4.78 is 0.961. The Bertz CT molecular complexity index is 291. The highest BCUT2D eigenvalue weighted by Gasteiger charge is 2.16. The van der Waals surface area contributed by atoms with Crippen LogP contribution in [0, 0.1) is 0 Å². The molecular formula is C9H11BrClN. The van der Waals surface area contributed by atoms with Crippen molar-refractivity contribution in [3.05, 3.63) is 33.3 Å². The number of rotatable bonds is 1. The summed E-state index contributed by atoms with van der Waals surface area (Å²) in [6, 6.07) is 5.63. The lowest BCUT2D eigenvalue weighted by atomic mass is 9.96. The van der Waals surface area contributed by atoms with Gasteiger partial charge < -0.3 is 5.73 Å². The van der Waals surface area contributed by atoms with E-state index in [2.05, 4.69) is 15.9 Å². The van der Waals surface area contributed by atoms with Gasteiger partial charge in [-0.25, -0.2) is 0 Å². The van der Waals surface area contributed by atoms with Crippen LogP contribution >= 0.6 is 27.5 Å². The molecule has 3 heteroatoms. The molecule has 12 heavy (non-hydrogen) atoms. The van der Waals surface area contributed by atoms with Crippen LogP contribution in [-0.2, 0) is 5.54 Å². The Labute approximate surface area is 86.0 Å². The van der Waals surface area contributed by atoms with Gasteiger partial charge in [0, 0.05) is 15.0 Å². The van der Waals surface area contributed by atoms with Crippen molar-refractivity contribution < 1.29 is 0 Å². The Kier molecular flexibility index (Phi) is 2.81. The SMILES string of the molecule is CC(C)(N)c1ccc(Cl)cc1Br. The number of hydrogen-bond acceptors (Lipinski definition) is 1. The second-order valence-electron chi connectivity index (χ2n) is 3.35. The molecule has 1 aromatic rings. The van der Waals surface area contributed by atoms with Crippen LogP contribution in [-0.4, -0.2) is 0 Å². The van der Waals surface area contributed by atoms with E-state index in [1.54, 1.807) is 0 Å². The normalized spacial score (nSPS) is 11.8. The number of halogens is 2. The largest absolute Gasteiger partial charge is 0.322 e. The molecule has 0 atom stereocenters. The lowest BCUT2D eigenvalue weighted by Crippen LogP contribution is -2.28. The molecule has 0 aliphatic heterocycles. The lowest BCUT2D eigenvalue weighted by molar-refractivity contribution is 0.551. The maximum atomic E-state index is 5.93. The minimum absolute atomic E-state index is 0.330. The van der Waals surface area contributed by atoms with Gasteiger partial charge in [-0.1, -0.05) is 33.6 Å². The van der Waals surface area contributed by atoms with E-state index < -0.39 is 0 Å². The second kappa shape index (κ2) is 3.36. The zero-order chi connectivity index (χ0) is 9.35. The van der Waals surface area contributed by atoms with Gasteiger partial charge in [-0.15, -0.1) is 0 Å². The van der Waals surface area contributed by atoms with Crippen LogP contribution in [0.5, 0.6) is 0 Å². The van der Waals surface area contributed by atoms with Crippen molar-refractivity contribution in [3.8, 4) is 0 Å². The Hall–Kier alpha value is -0.0500. The topological polar surface area (TPSA) is 26.0 Å². The summed E-state index contributed by atoms with van der Waals surface area (Å²) in [5.41, 5.74) is 6.67. The Morgan fingerprint density at radius 1 is 1.42 bits per heavy atom. The molecule has 1 aromatic carbocycles. The average molecular weight is 249 g/mol. The summed E-state index contributed by atoms with van der Waals surface area (Å²) in [7, 11) is 0. The number of nitrogens with two attached hydrogens (primary N) is 1. The molecule has 0 radical (unpaired) electrons. The molecule has 0 aliphatic carbocycles. The maximum Gasteiger partial charge on any atom is 0.0417 e. The van der Waals surface area contributed by atoms with E-state index in [4.69, 9.17) is 17.3 Å². The van der Waals surface area contributed by atoms with Crippen LogP contribution < -0.4 is 5.73 Å². The maximum absolute atomic E-state index is 5.93. The second-order valence-corrected chi connectivity index (χ2v) is 4.64. The van der Waals surface area contributed by atoms with Crippen molar-refractivity contribution in [2.45, 2.75) is 19.4 Å². The van der Waals surface area contributed by atoms with Gasteiger partial charge in [0.15, 0.2) is 0 Å². The van der Waals surface area contributed by atoms with E-state index in [-0.39, 0.29) is 5.54 Å². The fourth-order valence-corrected chi connectivity index (χ4v) is 2.21. The van der Waals surface area contributed by atoms with Gasteiger partial charge in [-0.2, -0.15) is 0 Å². The molecule has 66 valence electrons. The smallest absolute Gasteiger partial charge is 0.0417 e. The number of benzene rings is 1. The standard InChI is InChI=1S/C9H11BrClN/c1-9(2,12)7-4-3-6(11)5-8(7)10/h3-5H,12H2,1-2H3. The third-order valence-electron chi connectivity index (χ3n) is 1.63. The summed E-state index contributed by atoms with van der Waals surface area (Å²) >= 11 is 9.21. The van der Waals surface area contributed by atoms with E-state index in [9.17, 15) is 0 Å². The van der Waals surface area contributed by atoms with Crippen molar-refractivity contribution in [2.75, 3.05) is 0 Å². The van der Waals surface area contributed by atoms with Crippen molar-refractivity contribution in [3.63, 3.8) is 0 Å². The molecule has 0 amide bonds. The molecule has 0 unspecified atom stereocenters. The molecule has 0 aromatic heterocycles. The van der Waals surface area contributed by atoms with Gasteiger partial charge in [0.2, 0.25) is 0 Å². The molecule has 1 nitrogen and oxygen atoms in total. The first-order valence-electron chi connectivity index (χ1n) is 3.65. The fraction of sp³-hybridized carbons (Fsp3) is 0.333. The molecule has 0 spiro atoms. The Morgan fingerprint density at radius 3 is 2.42 bits per heavy atom. The van der Waals surface area contributed by atoms with Crippen LogP contribution in [0.15, 0.2) is 22.7 Å². The molecule has 0 bridgehead atoms. The summed E-state index contributed by atoms with van der Waals surface area (Å²) in [4.78, 5) is 0. The monoisotopic (exact) mass is 247 g/mol. The third kappa shape index (κ3) is 2.22. The average Bonchev–Trinajstić information content (AvgIpc) is 1.83. The van der Waals surface area contributed by atoms with Gasteiger partial charge in [0.1, 0.15) is 0 Å². The highest BCUT2D eigenvalue weighted by atomic mass is 79.9. The molecule has 0 heterocycles. The summed E-state index contributed by atoms with van der Waals surface area (Å²) in [5.74, 6) is 0. The third-order valence-corrected chi connectivity index (χ3v) is 2.52. The predicted octanol–water partition coefficient (Wildman–Crippen LogP) is 3.30. The van der Waals surface area contributed by atoms with E-state index in [0.717, 1.165) is 15.1 Å². The van der Waals surface area contributed by atoms with Crippen molar-refractivity contribution in [1.82, 2.24) is 0 Å². The summed E-state index contributed by atoms with van der Waals surface area (Å²) in [6.45, 7) is 3.92. The number of hydrogen-bond donors (Lipinski definition) is 1. The van der Waals surface area contributed by atoms with Gasteiger partial charge >= 0.3 is 0 Å². The first-order valence-corrected chi connectivity index (χ1v) is 4.83. The van der Waals surface area contributed by atoms with Crippen molar-refractivity contribution >= 4 is 27.5 Å². The first-order chi connectivity index (χ1) is 5.41. The van der Waals surface area contributed by atoms with Crippen LogP contribution in [0.4, 0.5) is 0 Å². The van der Waals surface area contributed by atoms with Gasteiger partial charge in [-0.3, -0.25) is 0 Å². The van der Waals surface area contributed by atoms with E-state index in [0.29, 0.717) is 0 Å². The van der Waals surface area contributed by atoms with Gasteiger partial charge in [0.05, 0.1) is 0 Å². The van der Waals surface area contributed by atoms with Crippen molar-refractivity contribution in [2.24, 2.45) is 5.73 Å². The zero-order valence-corrected chi connectivity index (χ0v) is 9.41. The molecule has 1 rings (SSSR count). The molecule has 2 N–H and O–H groups in total. The molecule has 0 saturated carbocycles.